The van der Waals surface area contributed by atoms with Crippen LogP contribution in [-0.2, 0) is 9.59 Å². The highest BCUT2D eigenvalue weighted by Gasteiger charge is 2.15. The van der Waals surface area contributed by atoms with E-state index in [1.165, 1.54) is 41.3 Å². The van der Waals surface area contributed by atoms with Crippen LogP contribution in [0.3, 0.4) is 0 Å². The van der Waals surface area contributed by atoms with Crippen molar-refractivity contribution >= 4 is 68.3 Å². The minimum atomic E-state index is -0.538. The first-order chi connectivity index (χ1) is 16.5. The number of rotatable bonds is 8. The van der Waals surface area contributed by atoms with Crippen LogP contribution in [0.5, 0.6) is 0 Å². The Balaban J connectivity index is 1.36. The molecule has 0 spiro atoms. The predicted molar refractivity (Wildman–Crippen MR) is 136 cm³/mol. The van der Waals surface area contributed by atoms with Crippen molar-refractivity contribution in [2.24, 2.45) is 0 Å². The number of carbonyl (C=O) groups is 2. The van der Waals surface area contributed by atoms with Crippen molar-refractivity contribution in [3.63, 3.8) is 0 Å². The van der Waals surface area contributed by atoms with Gasteiger partial charge in [0.2, 0.25) is 11.8 Å². The van der Waals surface area contributed by atoms with Crippen molar-refractivity contribution in [3.8, 4) is 0 Å². The van der Waals surface area contributed by atoms with Crippen molar-refractivity contribution in [1.82, 2.24) is 4.98 Å². The number of anilines is 2. The summed E-state index contributed by atoms with van der Waals surface area (Å²) in [5.74, 6) is -0.551. The number of nitro benzene ring substituents is 1. The van der Waals surface area contributed by atoms with Crippen LogP contribution in [0.1, 0.15) is 5.56 Å². The zero-order valence-corrected chi connectivity index (χ0v) is 19.3. The fraction of sp³-hybridized carbons (Fsp3) is 0.0417. The second-order valence-corrected chi connectivity index (χ2v) is 9.26. The summed E-state index contributed by atoms with van der Waals surface area (Å²) < 4.78 is 1.55. The van der Waals surface area contributed by atoms with Crippen molar-refractivity contribution in [3.05, 3.63) is 94.6 Å². The first kappa shape index (κ1) is 23.1. The monoisotopic (exact) mass is 490 g/mol. The third kappa shape index (κ3) is 6.06. The number of nitrogens with one attached hydrogen (secondary N) is 2. The van der Waals surface area contributed by atoms with Gasteiger partial charge in [0.1, 0.15) is 5.69 Å². The van der Waals surface area contributed by atoms with Crippen molar-refractivity contribution in [2.45, 2.75) is 4.34 Å². The number of hydrogen-bond acceptors (Lipinski definition) is 7. The zero-order valence-electron chi connectivity index (χ0n) is 17.6. The number of carbonyl (C=O) groups excluding carboxylic acids is 2. The van der Waals surface area contributed by atoms with Gasteiger partial charge >= 0.3 is 0 Å². The Morgan fingerprint density at radius 3 is 2.59 bits per heavy atom. The van der Waals surface area contributed by atoms with E-state index in [1.807, 2.05) is 36.4 Å². The molecule has 1 aromatic heterocycles. The zero-order chi connectivity index (χ0) is 23.9. The Morgan fingerprint density at radius 1 is 1.03 bits per heavy atom. The lowest BCUT2D eigenvalue weighted by Crippen LogP contribution is -2.15. The van der Waals surface area contributed by atoms with Crippen LogP contribution in [0.15, 0.2) is 83.2 Å². The Labute approximate surface area is 202 Å². The number of thioether (sulfide) groups is 1. The van der Waals surface area contributed by atoms with Gasteiger partial charge in [-0.3, -0.25) is 19.7 Å². The van der Waals surface area contributed by atoms with Crippen LogP contribution in [0.25, 0.3) is 16.3 Å². The van der Waals surface area contributed by atoms with Crippen molar-refractivity contribution in [1.29, 1.82) is 0 Å². The largest absolute Gasteiger partial charge is 0.322 e. The van der Waals surface area contributed by atoms with Crippen LogP contribution >= 0.6 is 23.1 Å². The summed E-state index contributed by atoms with van der Waals surface area (Å²) >= 11 is 2.64. The minimum Gasteiger partial charge on any atom is -0.322 e. The molecule has 170 valence electrons. The average Bonchev–Trinajstić information content (AvgIpc) is 3.24. The lowest BCUT2D eigenvalue weighted by atomic mass is 10.2. The normalized spacial score (nSPS) is 10.9. The summed E-state index contributed by atoms with van der Waals surface area (Å²) in [6.07, 6.45) is 3.22. The summed E-state index contributed by atoms with van der Waals surface area (Å²) in [6, 6.07) is 20.9. The number of benzene rings is 3. The molecule has 0 unspecified atom stereocenters. The van der Waals surface area contributed by atoms with Gasteiger partial charge < -0.3 is 10.6 Å². The highest BCUT2D eigenvalue weighted by atomic mass is 32.2. The first-order valence-corrected chi connectivity index (χ1v) is 11.9. The van der Waals surface area contributed by atoms with Gasteiger partial charge in [0, 0.05) is 17.8 Å². The number of fused-ring (bicyclic) bond motifs is 1. The molecule has 0 radical (unpaired) electrons. The van der Waals surface area contributed by atoms with E-state index in [2.05, 4.69) is 15.6 Å². The molecule has 4 rings (SSSR count). The average molecular weight is 491 g/mol. The van der Waals surface area contributed by atoms with E-state index in [1.54, 1.807) is 30.3 Å². The lowest BCUT2D eigenvalue weighted by Gasteiger charge is -2.04. The number of thiazole rings is 1. The number of hydrogen-bond donors (Lipinski definition) is 2. The van der Waals surface area contributed by atoms with Gasteiger partial charge in [0.05, 0.1) is 20.9 Å². The van der Waals surface area contributed by atoms with E-state index in [-0.39, 0.29) is 28.9 Å². The molecule has 0 aliphatic carbocycles. The lowest BCUT2D eigenvalue weighted by molar-refractivity contribution is -0.383. The summed E-state index contributed by atoms with van der Waals surface area (Å²) in [5, 5.41) is 16.5. The molecule has 10 heteroatoms. The maximum absolute atomic E-state index is 12.3. The van der Waals surface area contributed by atoms with Crippen LogP contribution < -0.4 is 10.6 Å². The third-order valence-electron chi connectivity index (χ3n) is 4.56. The molecule has 0 aliphatic heterocycles. The van der Waals surface area contributed by atoms with Crippen molar-refractivity contribution < 1.29 is 14.5 Å². The summed E-state index contributed by atoms with van der Waals surface area (Å²) in [7, 11) is 0. The molecule has 0 aliphatic rings. The van der Waals surface area contributed by atoms with Crippen LogP contribution in [0, 0.1) is 10.1 Å². The number of para-hydroxylation sites is 2. The van der Waals surface area contributed by atoms with E-state index in [0.29, 0.717) is 10.0 Å². The van der Waals surface area contributed by atoms with Crippen LogP contribution in [0.2, 0.25) is 0 Å². The number of amides is 2. The van der Waals surface area contributed by atoms with E-state index in [9.17, 15) is 19.7 Å². The second kappa shape index (κ2) is 10.7. The molecule has 1 heterocycles. The Morgan fingerprint density at radius 2 is 1.79 bits per heavy atom. The molecule has 2 N–H and O–H groups in total. The molecule has 4 aromatic rings. The van der Waals surface area contributed by atoms with E-state index < -0.39 is 4.92 Å². The number of nitrogens with zero attached hydrogens (tertiary/aromatic N) is 2. The van der Waals surface area contributed by atoms with Gasteiger partial charge in [-0.2, -0.15) is 0 Å². The quantitative estimate of drug-likeness (QED) is 0.144. The van der Waals surface area contributed by atoms with Gasteiger partial charge in [-0.15, -0.1) is 11.3 Å². The highest BCUT2D eigenvalue weighted by Crippen LogP contribution is 2.31. The van der Waals surface area contributed by atoms with Gasteiger partial charge in [0.15, 0.2) is 4.34 Å². The fourth-order valence-electron chi connectivity index (χ4n) is 3.02. The first-order valence-electron chi connectivity index (χ1n) is 10.1. The van der Waals surface area contributed by atoms with Crippen LogP contribution in [-0.4, -0.2) is 27.5 Å². The molecule has 0 saturated carbocycles. The summed E-state index contributed by atoms with van der Waals surface area (Å²) in [5.41, 5.74) is 2.33. The second-order valence-electron chi connectivity index (χ2n) is 7.01. The highest BCUT2D eigenvalue weighted by molar-refractivity contribution is 8.01. The Hall–Kier alpha value is -4.02. The molecule has 0 atom stereocenters. The molecule has 0 fully saturated rings. The van der Waals surface area contributed by atoms with E-state index in [4.69, 9.17) is 0 Å². The van der Waals surface area contributed by atoms with Gasteiger partial charge in [-0.25, -0.2) is 4.98 Å². The summed E-state index contributed by atoms with van der Waals surface area (Å²) in [4.78, 5) is 39.6. The molecule has 0 saturated heterocycles. The topological polar surface area (TPSA) is 114 Å². The predicted octanol–water partition coefficient (Wildman–Crippen LogP) is 5.59. The molecular weight excluding hydrogens is 472 g/mol. The standard InChI is InChI=1S/C24H18N4O4S2/c29-22(13-10-16-6-2-1-3-7-16)25-17-11-12-19-21(14-17)34-24(27-19)33-15-23(30)26-18-8-4-5-9-20(18)28(31)32/h1-14H,15H2,(H,25,29)(H,26,30)/b13-10+. The SMILES string of the molecule is O=C(/C=C/c1ccccc1)Nc1ccc2nc(SCC(=O)Nc3ccccc3[N+](=O)[O-])sc2c1. The molecular formula is C24H18N4O4S2. The van der Waals surface area contributed by atoms with Gasteiger partial charge in [-0.05, 0) is 35.9 Å². The van der Waals surface area contributed by atoms with E-state index >= 15 is 0 Å². The smallest absolute Gasteiger partial charge is 0.292 e. The maximum Gasteiger partial charge on any atom is 0.292 e. The van der Waals surface area contributed by atoms with E-state index in [0.717, 1.165) is 15.8 Å². The summed E-state index contributed by atoms with van der Waals surface area (Å²) in [6.45, 7) is 0. The molecule has 8 nitrogen and oxygen atoms in total. The Kier molecular flexibility index (Phi) is 7.31. The van der Waals surface area contributed by atoms with Gasteiger partial charge in [0.25, 0.3) is 5.69 Å². The molecule has 3 aromatic carbocycles. The molecule has 0 bridgehead atoms. The minimum absolute atomic E-state index is 0.0553. The van der Waals surface area contributed by atoms with Crippen molar-refractivity contribution in [2.75, 3.05) is 16.4 Å². The third-order valence-corrected chi connectivity index (χ3v) is 6.73. The Bertz CT molecular complexity index is 1390. The molecule has 2 amide bonds. The fourth-order valence-corrected chi connectivity index (χ4v) is 4.92. The molecule has 34 heavy (non-hydrogen) atoms. The van der Waals surface area contributed by atoms with Gasteiger partial charge in [-0.1, -0.05) is 54.2 Å². The number of aromatic nitrogens is 1. The maximum atomic E-state index is 12.3. The van der Waals surface area contributed by atoms with Crippen LogP contribution in [0.4, 0.5) is 17.1 Å². The number of nitro groups is 1.